The minimum atomic E-state index is -0.683. The lowest BCUT2D eigenvalue weighted by atomic mass is 9.95. The third-order valence-corrected chi connectivity index (χ3v) is 4.47. The zero-order valence-electron chi connectivity index (χ0n) is 16.6. The summed E-state index contributed by atoms with van der Waals surface area (Å²) in [5, 5.41) is 20.6. The Morgan fingerprint density at radius 1 is 1.14 bits per heavy atom. The number of anilines is 1. The fourth-order valence-corrected chi connectivity index (χ4v) is 3.13. The number of rotatable bonds is 8. The molecule has 3 N–H and O–H groups in total. The van der Waals surface area contributed by atoms with E-state index in [0.29, 0.717) is 24.6 Å². The van der Waals surface area contributed by atoms with Crippen molar-refractivity contribution in [3.63, 3.8) is 0 Å². The Hall–Kier alpha value is -3.23. The second-order valence-electron chi connectivity index (χ2n) is 7.04. The highest BCUT2D eigenvalue weighted by atomic mass is 16.3. The smallest absolute Gasteiger partial charge is 0.319 e. The fraction of sp³-hybridized carbons (Fsp3) is 0.286. The number of amides is 2. The maximum Gasteiger partial charge on any atom is 0.319 e. The molecule has 0 aliphatic heterocycles. The maximum atomic E-state index is 12.5. The molecule has 0 saturated heterocycles. The van der Waals surface area contributed by atoms with Crippen molar-refractivity contribution in [3.8, 4) is 5.82 Å². The molecule has 2 aromatic heterocycles. The summed E-state index contributed by atoms with van der Waals surface area (Å²) >= 11 is 0. The Labute approximate surface area is 170 Å². The van der Waals surface area contributed by atoms with Crippen molar-refractivity contribution in [2.45, 2.75) is 6.10 Å². The van der Waals surface area contributed by atoms with Crippen molar-refractivity contribution in [1.29, 1.82) is 0 Å². The number of aliphatic hydroxyl groups excluding tert-OH is 1. The SMILES string of the molecule is CN(C)CC(CNC(=O)Nc1cccnc1-n1cccn1)C(O)c1ccccc1. The van der Waals surface area contributed by atoms with Gasteiger partial charge in [-0.3, -0.25) is 0 Å². The molecule has 1 aromatic carbocycles. The van der Waals surface area contributed by atoms with E-state index < -0.39 is 6.10 Å². The third-order valence-electron chi connectivity index (χ3n) is 4.47. The average Bonchev–Trinajstić information content (AvgIpc) is 3.26. The first-order chi connectivity index (χ1) is 14.0. The van der Waals surface area contributed by atoms with Gasteiger partial charge in [0.05, 0.1) is 11.8 Å². The number of urea groups is 1. The number of pyridine rings is 1. The zero-order chi connectivity index (χ0) is 20.6. The van der Waals surface area contributed by atoms with Gasteiger partial charge in [-0.15, -0.1) is 0 Å². The van der Waals surface area contributed by atoms with Crippen molar-refractivity contribution >= 4 is 11.7 Å². The molecule has 8 nitrogen and oxygen atoms in total. The van der Waals surface area contributed by atoms with Gasteiger partial charge in [-0.1, -0.05) is 30.3 Å². The quantitative estimate of drug-likeness (QED) is 0.545. The molecule has 152 valence electrons. The summed E-state index contributed by atoms with van der Waals surface area (Å²) in [5.74, 6) is 0.361. The van der Waals surface area contributed by atoms with E-state index in [2.05, 4.69) is 20.7 Å². The van der Waals surface area contributed by atoms with Crippen LogP contribution in [0.2, 0.25) is 0 Å². The summed E-state index contributed by atoms with van der Waals surface area (Å²) in [4.78, 5) is 18.8. The Kier molecular flexibility index (Phi) is 6.94. The predicted molar refractivity (Wildman–Crippen MR) is 112 cm³/mol. The molecular weight excluding hydrogens is 368 g/mol. The minimum absolute atomic E-state index is 0.169. The third kappa shape index (κ3) is 5.63. The van der Waals surface area contributed by atoms with Crippen molar-refractivity contribution in [2.75, 3.05) is 32.5 Å². The first-order valence-electron chi connectivity index (χ1n) is 9.42. The topological polar surface area (TPSA) is 95.3 Å². The lowest BCUT2D eigenvalue weighted by Gasteiger charge is -2.26. The van der Waals surface area contributed by atoms with Gasteiger partial charge in [0.25, 0.3) is 0 Å². The Bertz CT molecular complexity index is 899. The van der Waals surface area contributed by atoms with Crippen molar-refractivity contribution in [1.82, 2.24) is 25.0 Å². The molecule has 2 heterocycles. The molecule has 29 heavy (non-hydrogen) atoms. The largest absolute Gasteiger partial charge is 0.388 e. The Morgan fingerprint density at radius 3 is 2.62 bits per heavy atom. The molecular formula is C21H26N6O2. The summed E-state index contributed by atoms with van der Waals surface area (Å²) in [6.45, 7) is 0.944. The van der Waals surface area contributed by atoms with E-state index in [1.54, 1.807) is 41.5 Å². The van der Waals surface area contributed by atoms with Crippen LogP contribution in [0.15, 0.2) is 67.1 Å². The normalized spacial score (nSPS) is 13.1. The number of aliphatic hydroxyl groups is 1. The number of benzene rings is 1. The monoisotopic (exact) mass is 394 g/mol. The van der Waals surface area contributed by atoms with Gasteiger partial charge in [-0.05, 0) is 37.9 Å². The molecule has 0 fully saturated rings. The van der Waals surface area contributed by atoms with Gasteiger partial charge in [-0.2, -0.15) is 5.10 Å². The number of hydrogen-bond acceptors (Lipinski definition) is 5. The summed E-state index contributed by atoms with van der Waals surface area (Å²) in [5.41, 5.74) is 1.37. The second-order valence-corrected chi connectivity index (χ2v) is 7.04. The zero-order valence-corrected chi connectivity index (χ0v) is 16.6. The molecule has 0 aliphatic rings. The Morgan fingerprint density at radius 2 is 1.93 bits per heavy atom. The first-order valence-corrected chi connectivity index (χ1v) is 9.42. The summed E-state index contributed by atoms with van der Waals surface area (Å²) in [6.07, 6.45) is 4.37. The van der Waals surface area contributed by atoms with E-state index in [9.17, 15) is 9.90 Å². The highest BCUT2D eigenvalue weighted by molar-refractivity contribution is 5.90. The lowest BCUT2D eigenvalue weighted by molar-refractivity contribution is 0.0911. The van der Waals surface area contributed by atoms with E-state index in [-0.39, 0.29) is 11.9 Å². The van der Waals surface area contributed by atoms with Gasteiger partial charge in [0, 0.05) is 37.6 Å². The van der Waals surface area contributed by atoms with Crippen LogP contribution in [0.25, 0.3) is 5.82 Å². The van der Waals surface area contributed by atoms with Gasteiger partial charge >= 0.3 is 6.03 Å². The number of nitrogens with zero attached hydrogens (tertiary/aromatic N) is 4. The first kappa shape index (κ1) is 20.5. The van der Waals surface area contributed by atoms with Gasteiger partial charge in [-0.25, -0.2) is 14.5 Å². The van der Waals surface area contributed by atoms with Crippen LogP contribution in [-0.2, 0) is 0 Å². The maximum absolute atomic E-state index is 12.5. The molecule has 0 saturated carbocycles. The molecule has 0 aliphatic carbocycles. The number of aromatic nitrogens is 3. The van der Waals surface area contributed by atoms with E-state index in [1.807, 2.05) is 49.3 Å². The van der Waals surface area contributed by atoms with Gasteiger partial charge in [0.2, 0.25) is 0 Å². The molecule has 0 radical (unpaired) electrons. The van der Waals surface area contributed by atoms with Crippen molar-refractivity contribution in [2.24, 2.45) is 5.92 Å². The van der Waals surface area contributed by atoms with Crippen LogP contribution in [0.4, 0.5) is 10.5 Å². The highest BCUT2D eigenvalue weighted by Crippen LogP contribution is 2.22. The minimum Gasteiger partial charge on any atom is -0.388 e. The average molecular weight is 394 g/mol. The summed E-state index contributed by atoms with van der Waals surface area (Å²) in [6, 6.07) is 14.4. The van der Waals surface area contributed by atoms with Crippen LogP contribution in [0.5, 0.6) is 0 Å². The Balaban J connectivity index is 1.65. The number of hydrogen-bond donors (Lipinski definition) is 3. The standard InChI is InChI=1S/C21H26N6O2/c1-26(2)15-17(19(28)16-8-4-3-5-9-16)14-23-21(29)25-18-10-6-11-22-20(18)27-13-7-12-24-27/h3-13,17,19,28H,14-15H2,1-2H3,(H2,23,25,29). The van der Waals surface area contributed by atoms with Crippen LogP contribution < -0.4 is 10.6 Å². The van der Waals surface area contributed by atoms with Crippen LogP contribution in [0.3, 0.4) is 0 Å². The molecule has 8 heteroatoms. The molecule has 2 amide bonds. The van der Waals surface area contributed by atoms with E-state index in [4.69, 9.17) is 0 Å². The van der Waals surface area contributed by atoms with Crippen LogP contribution >= 0.6 is 0 Å². The molecule has 0 spiro atoms. The highest BCUT2D eigenvalue weighted by Gasteiger charge is 2.22. The predicted octanol–water partition coefficient (Wildman–Crippen LogP) is 2.30. The van der Waals surface area contributed by atoms with Gasteiger partial charge < -0.3 is 20.6 Å². The number of carbonyl (C=O) groups is 1. The number of carbonyl (C=O) groups excluding carboxylic acids is 1. The molecule has 3 aromatic rings. The van der Waals surface area contributed by atoms with Crippen LogP contribution in [-0.4, -0.2) is 58.0 Å². The number of nitrogens with one attached hydrogen (secondary N) is 2. The van der Waals surface area contributed by atoms with E-state index >= 15 is 0 Å². The second kappa shape index (κ2) is 9.81. The van der Waals surface area contributed by atoms with Crippen molar-refractivity contribution in [3.05, 3.63) is 72.7 Å². The van der Waals surface area contributed by atoms with E-state index in [0.717, 1.165) is 5.56 Å². The lowest BCUT2D eigenvalue weighted by Crippen LogP contribution is -2.39. The van der Waals surface area contributed by atoms with Gasteiger partial charge in [0.1, 0.15) is 0 Å². The van der Waals surface area contributed by atoms with Crippen molar-refractivity contribution < 1.29 is 9.90 Å². The molecule has 2 atom stereocenters. The molecule has 2 unspecified atom stereocenters. The summed E-state index contributed by atoms with van der Waals surface area (Å²) < 4.78 is 1.59. The molecule has 0 bridgehead atoms. The fourth-order valence-electron chi connectivity index (χ4n) is 3.13. The van der Waals surface area contributed by atoms with E-state index in [1.165, 1.54) is 0 Å². The van der Waals surface area contributed by atoms with Gasteiger partial charge in [0.15, 0.2) is 5.82 Å². The van der Waals surface area contributed by atoms with Crippen LogP contribution in [0, 0.1) is 5.92 Å². The molecule has 3 rings (SSSR count). The summed E-state index contributed by atoms with van der Waals surface area (Å²) in [7, 11) is 3.88. The van der Waals surface area contributed by atoms with Crippen LogP contribution in [0.1, 0.15) is 11.7 Å².